The van der Waals surface area contributed by atoms with Crippen molar-refractivity contribution in [2.24, 2.45) is 0 Å². The number of halogens is 2. The lowest BCUT2D eigenvalue weighted by Gasteiger charge is -2.11. The molecule has 0 fully saturated rings. The Balaban J connectivity index is 2.23. The summed E-state index contributed by atoms with van der Waals surface area (Å²) >= 11 is 5.69. The van der Waals surface area contributed by atoms with Crippen molar-refractivity contribution in [2.45, 2.75) is 38.5 Å². The summed E-state index contributed by atoms with van der Waals surface area (Å²) in [4.78, 5) is 12.2. The van der Waals surface area contributed by atoms with E-state index in [-0.39, 0.29) is 11.3 Å². The summed E-state index contributed by atoms with van der Waals surface area (Å²) in [5, 5.41) is 0.315. The highest BCUT2D eigenvalue weighted by atomic mass is 35.5. The van der Waals surface area contributed by atoms with Gasteiger partial charge in [0, 0.05) is 5.02 Å². The summed E-state index contributed by atoms with van der Waals surface area (Å²) in [6, 6.07) is 4.22. The van der Waals surface area contributed by atoms with Crippen LogP contribution in [0.3, 0.4) is 0 Å². The number of hydrogen-bond acceptors (Lipinski definition) is 1. The third-order valence-electron chi connectivity index (χ3n) is 3.26. The van der Waals surface area contributed by atoms with Crippen molar-refractivity contribution in [3.63, 3.8) is 0 Å². The monoisotopic (exact) mass is 266 g/mol. The summed E-state index contributed by atoms with van der Waals surface area (Å²) in [6.45, 7) is 0. The minimum atomic E-state index is -0.532. The number of rotatable bonds is 2. The van der Waals surface area contributed by atoms with Crippen molar-refractivity contribution in [1.82, 2.24) is 0 Å². The molecule has 1 aliphatic carbocycles. The molecule has 1 aromatic carbocycles. The van der Waals surface area contributed by atoms with Gasteiger partial charge in [0.2, 0.25) is 0 Å². The van der Waals surface area contributed by atoms with Crippen molar-refractivity contribution < 1.29 is 9.18 Å². The fraction of sp³-hybridized carbons (Fsp3) is 0.400. The second-order valence-electron chi connectivity index (χ2n) is 4.64. The van der Waals surface area contributed by atoms with E-state index in [0.29, 0.717) is 5.02 Å². The molecule has 0 heterocycles. The lowest BCUT2D eigenvalue weighted by Crippen LogP contribution is -2.07. The predicted molar refractivity (Wildman–Crippen MR) is 71.5 cm³/mol. The Morgan fingerprint density at radius 2 is 1.94 bits per heavy atom. The van der Waals surface area contributed by atoms with E-state index in [1.54, 1.807) is 6.07 Å². The van der Waals surface area contributed by atoms with Gasteiger partial charge in [-0.3, -0.25) is 4.79 Å². The van der Waals surface area contributed by atoms with Crippen LogP contribution in [0.4, 0.5) is 4.39 Å². The largest absolute Gasteiger partial charge is 0.289 e. The first-order chi connectivity index (χ1) is 8.68. The van der Waals surface area contributed by atoms with E-state index < -0.39 is 5.82 Å². The van der Waals surface area contributed by atoms with Crippen LogP contribution in [-0.4, -0.2) is 5.78 Å². The molecule has 0 aromatic heterocycles. The fourth-order valence-electron chi connectivity index (χ4n) is 2.24. The highest BCUT2D eigenvalue weighted by Gasteiger charge is 2.17. The van der Waals surface area contributed by atoms with Crippen molar-refractivity contribution in [3.05, 3.63) is 46.3 Å². The number of carbonyl (C=O) groups is 1. The smallest absolute Gasteiger partial charge is 0.191 e. The maximum Gasteiger partial charge on any atom is 0.191 e. The average molecular weight is 267 g/mol. The molecule has 2 rings (SSSR count). The first-order valence-electron chi connectivity index (χ1n) is 6.37. The van der Waals surface area contributed by atoms with Crippen LogP contribution in [0.5, 0.6) is 0 Å². The zero-order valence-corrected chi connectivity index (χ0v) is 11.0. The van der Waals surface area contributed by atoms with Gasteiger partial charge in [-0.1, -0.05) is 30.5 Å². The van der Waals surface area contributed by atoms with E-state index in [1.165, 1.54) is 18.6 Å². The topological polar surface area (TPSA) is 17.1 Å². The van der Waals surface area contributed by atoms with Crippen LogP contribution in [0, 0.1) is 5.82 Å². The third kappa shape index (κ3) is 3.20. The van der Waals surface area contributed by atoms with Gasteiger partial charge in [-0.25, -0.2) is 4.39 Å². The van der Waals surface area contributed by atoms with Crippen LogP contribution >= 0.6 is 11.6 Å². The molecule has 0 atom stereocenters. The summed E-state index contributed by atoms with van der Waals surface area (Å²) in [5.41, 5.74) is 0.877. The highest BCUT2D eigenvalue weighted by Crippen LogP contribution is 2.23. The van der Waals surface area contributed by atoms with Crippen LogP contribution in [0.1, 0.15) is 48.9 Å². The molecule has 0 saturated heterocycles. The molecule has 0 saturated carbocycles. The summed E-state index contributed by atoms with van der Waals surface area (Å²) in [5.74, 6) is -0.721. The van der Waals surface area contributed by atoms with Gasteiger partial charge >= 0.3 is 0 Å². The molecule has 1 aliphatic rings. The van der Waals surface area contributed by atoms with Gasteiger partial charge in [-0.05, 0) is 49.5 Å². The lowest BCUT2D eigenvalue weighted by atomic mass is 9.94. The molecule has 0 unspecified atom stereocenters. The van der Waals surface area contributed by atoms with Crippen molar-refractivity contribution in [3.8, 4) is 0 Å². The van der Waals surface area contributed by atoms with Gasteiger partial charge in [0.05, 0.1) is 5.56 Å². The maximum atomic E-state index is 13.7. The SMILES string of the molecule is O=C(/C1=C/CCCCCC1)c1ccc(Cl)cc1F. The lowest BCUT2D eigenvalue weighted by molar-refractivity contribution is 0.102. The molecule has 1 nitrogen and oxygen atoms in total. The van der Waals surface area contributed by atoms with E-state index >= 15 is 0 Å². The molecule has 0 radical (unpaired) electrons. The quantitative estimate of drug-likeness (QED) is 0.693. The van der Waals surface area contributed by atoms with E-state index in [2.05, 4.69) is 0 Å². The molecule has 0 N–H and O–H groups in total. The minimum absolute atomic E-state index is 0.131. The number of carbonyl (C=O) groups excluding carboxylic acids is 1. The van der Waals surface area contributed by atoms with Gasteiger partial charge in [0.1, 0.15) is 5.82 Å². The van der Waals surface area contributed by atoms with E-state index in [1.807, 2.05) is 6.08 Å². The Morgan fingerprint density at radius 1 is 1.17 bits per heavy atom. The summed E-state index contributed by atoms with van der Waals surface area (Å²) in [7, 11) is 0. The van der Waals surface area contributed by atoms with E-state index in [9.17, 15) is 9.18 Å². The Kier molecular flexibility index (Phi) is 4.54. The molecule has 1 aromatic rings. The van der Waals surface area contributed by atoms with Gasteiger partial charge in [0.25, 0.3) is 0 Å². The van der Waals surface area contributed by atoms with Gasteiger partial charge < -0.3 is 0 Å². The minimum Gasteiger partial charge on any atom is -0.289 e. The van der Waals surface area contributed by atoms with Crippen LogP contribution in [0.15, 0.2) is 29.8 Å². The Labute approximate surface area is 112 Å². The summed E-state index contributed by atoms with van der Waals surface area (Å²) < 4.78 is 13.7. The molecule has 3 heteroatoms. The number of ketones is 1. The van der Waals surface area contributed by atoms with Gasteiger partial charge in [-0.15, -0.1) is 0 Å². The second kappa shape index (κ2) is 6.14. The normalized spacial score (nSPS) is 19.6. The Bertz CT molecular complexity index is 479. The zero-order valence-electron chi connectivity index (χ0n) is 10.2. The molecule has 0 spiro atoms. The van der Waals surface area contributed by atoms with Gasteiger partial charge in [0.15, 0.2) is 5.78 Å². The molecule has 0 bridgehead atoms. The van der Waals surface area contributed by atoms with Crippen LogP contribution in [-0.2, 0) is 0 Å². The van der Waals surface area contributed by atoms with Crippen molar-refractivity contribution >= 4 is 17.4 Å². The first-order valence-corrected chi connectivity index (χ1v) is 6.75. The number of hydrogen-bond donors (Lipinski definition) is 0. The Hall–Kier alpha value is -1.15. The number of benzene rings is 1. The van der Waals surface area contributed by atoms with Gasteiger partial charge in [-0.2, -0.15) is 0 Å². The molecular formula is C15H16ClFO. The average Bonchev–Trinajstić information content (AvgIpc) is 2.27. The molecule has 0 aliphatic heterocycles. The van der Waals surface area contributed by atoms with Crippen molar-refractivity contribution in [1.29, 1.82) is 0 Å². The zero-order chi connectivity index (χ0) is 13.0. The van der Waals surface area contributed by atoms with Crippen LogP contribution in [0.2, 0.25) is 5.02 Å². The fourth-order valence-corrected chi connectivity index (χ4v) is 2.40. The third-order valence-corrected chi connectivity index (χ3v) is 3.49. The van der Waals surface area contributed by atoms with E-state index in [0.717, 1.165) is 37.7 Å². The van der Waals surface area contributed by atoms with E-state index in [4.69, 9.17) is 11.6 Å². The molecular weight excluding hydrogens is 251 g/mol. The number of allylic oxidation sites excluding steroid dienone is 2. The van der Waals surface area contributed by atoms with Crippen LogP contribution < -0.4 is 0 Å². The molecule has 0 amide bonds. The molecule has 96 valence electrons. The predicted octanol–water partition coefficient (Wildman–Crippen LogP) is 4.94. The molecule has 18 heavy (non-hydrogen) atoms. The van der Waals surface area contributed by atoms with Crippen molar-refractivity contribution in [2.75, 3.05) is 0 Å². The maximum absolute atomic E-state index is 13.7. The first kappa shape index (κ1) is 13.3. The summed E-state index contributed by atoms with van der Waals surface area (Å²) in [6.07, 6.45) is 8.11. The standard InChI is InChI=1S/C15H16ClFO/c16-12-8-9-13(14(17)10-12)15(18)11-6-4-2-1-3-5-7-11/h6,8-10H,1-5,7H2/b11-6+. The number of Topliss-reactive ketones (excluding diaryl/α,β-unsaturated/α-hetero) is 1. The Morgan fingerprint density at radius 3 is 2.72 bits per heavy atom. The second-order valence-corrected chi connectivity index (χ2v) is 5.07. The van der Waals surface area contributed by atoms with Crippen LogP contribution in [0.25, 0.3) is 0 Å². The highest BCUT2D eigenvalue weighted by molar-refractivity contribution is 6.30.